The Morgan fingerprint density at radius 2 is 1.38 bits per heavy atom. The third-order valence-corrected chi connectivity index (χ3v) is 21.7. The summed E-state index contributed by atoms with van der Waals surface area (Å²) in [5, 5.41) is 3.22. The first-order valence-corrected chi connectivity index (χ1v) is 18.1. The van der Waals surface area contributed by atoms with Gasteiger partial charge in [-0.3, -0.25) is 0 Å². The molecule has 0 N–H and O–H groups in total. The molecule has 0 atom stereocenters. The average Bonchev–Trinajstić information content (AvgIpc) is 3.16. The zero-order valence-corrected chi connectivity index (χ0v) is 19.4. The van der Waals surface area contributed by atoms with Gasteiger partial charge >= 0.3 is 157 Å². The van der Waals surface area contributed by atoms with Crippen molar-refractivity contribution in [3.8, 4) is 10.6 Å². The molecule has 1 heterocycles. The summed E-state index contributed by atoms with van der Waals surface area (Å²) < 4.78 is 6.39. The summed E-state index contributed by atoms with van der Waals surface area (Å²) in [7, 11) is 0. The van der Waals surface area contributed by atoms with Crippen LogP contribution in [0, 0.1) is 0 Å². The first kappa shape index (κ1) is 20.0. The van der Waals surface area contributed by atoms with Crippen molar-refractivity contribution in [2.24, 2.45) is 0 Å². The van der Waals surface area contributed by atoms with Crippen LogP contribution in [0.15, 0.2) is 35.8 Å². The SMILES string of the molecule is CCC[CH2][Sn]([CH2]CCC)([CH2]CCC)[c]1ccc(-c2nccs2)cc1. The molecule has 0 radical (unpaired) electrons. The Labute approximate surface area is 156 Å². The summed E-state index contributed by atoms with van der Waals surface area (Å²) in [6, 6.07) is 9.63. The quantitative estimate of drug-likeness (QED) is 0.341. The van der Waals surface area contributed by atoms with Gasteiger partial charge in [0.1, 0.15) is 0 Å². The molecule has 3 heteroatoms. The van der Waals surface area contributed by atoms with E-state index in [1.807, 2.05) is 6.20 Å². The summed E-state index contributed by atoms with van der Waals surface area (Å²) in [4.78, 5) is 4.46. The molecule has 0 aliphatic rings. The van der Waals surface area contributed by atoms with Crippen LogP contribution >= 0.6 is 11.3 Å². The molecule has 24 heavy (non-hydrogen) atoms. The zero-order valence-electron chi connectivity index (χ0n) is 15.7. The number of rotatable bonds is 11. The van der Waals surface area contributed by atoms with Crippen molar-refractivity contribution in [3.63, 3.8) is 0 Å². The number of unbranched alkanes of at least 4 members (excludes halogenated alkanes) is 3. The van der Waals surface area contributed by atoms with Crippen molar-refractivity contribution in [1.82, 2.24) is 4.98 Å². The van der Waals surface area contributed by atoms with E-state index in [2.05, 4.69) is 55.4 Å². The van der Waals surface area contributed by atoms with Crippen LogP contribution in [0.25, 0.3) is 10.6 Å². The van der Waals surface area contributed by atoms with Crippen LogP contribution in [-0.4, -0.2) is 23.4 Å². The fraction of sp³-hybridized carbons (Fsp3) is 0.571. The molecule has 0 bridgehead atoms. The summed E-state index contributed by atoms with van der Waals surface area (Å²) in [6.45, 7) is 7.05. The number of hydrogen-bond donors (Lipinski definition) is 0. The van der Waals surface area contributed by atoms with Gasteiger partial charge in [-0.1, -0.05) is 0 Å². The molecule has 1 aromatic carbocycles. The van der Waals surface area contributed by atoms with Gasteiger partial charge in [0.15, 0.2) is 0 Å². The summed E-state index contributed by atoms with van der Waals surface area (Å²) in [5.41, 5.74) is 1.29. The molecule has 2 rings (SSSR count). The van der Waals surface area contributed by atoms with Crippen LogP contribution in [0.4, 0.5) is 0 Å². The molecule has 0 unspecified atom stereocenters. The van der Waals surface area contributed by atoms with Gasteiger partial charge in [0, 0.05) is 0 Å². The topological polar surface area (TPSA) is 12.9 Å². The van der Waals surface area contributed by atoms with Gasteiger partial charge in [-0.2, -0.15) is 0 Å². The zero-order chi connectivity index (χ0) is 17.3. The predicted octanol–water partition coefficient (Wildman–Crippen LogP) is 6.87. The van der Waals surface area contributed by atoms with Gasteiger partial charge in [0.25, 0.3) is 0 Å². The van der Waals surface area contributed by atoms with E-state index in [0.717, 1.165) is 5.01 Å². The van der Waals surface area contributed by atoms with Crippen molar-refractivity contribution in [1.29, 1.82) is 0 Å². The van der Waals surface area contributed by atoms with E-state index in [1.54, 1.807) is 28.2 Å². The van der Waals surface area contributed by atoms with Gasteiger partial charge in [0.2, 0.25) is 0 Å². The third kappa shape index (κ3) is 5.32. The molecular formula is C21H33NSSn. The second-order valence-corrected chi connectivity index (χ2v) is 21.1. The van der Waals surface area contributed by atoms with E-state index in [1.165, 1.54) is 44.1 Å². The van der Waals surface area contributed by atoms with Crippen LogP contribution in [0.3, 0.4) is 0 Å². The normalized spacial score (nSPS) is 11.8. The maximum absolute atomic E-state index is 4.46. The fourth-order valence-corrected chi connectivity index (χ4v) is 20.3. The summed E-state index contributed by atoms with van der Waals surface area (Å²) in [6.07, 6.45) is 10.2. The predicted molar refractivity (Wildman–Crippen MR) is 112 cm³/mol. The maximum atomic E-state index is 4.46. The van der Waals surface area contributed by atoms with E-state index in [4.69, 9.17) is 0 Å². The second-order valence-electron chi connectivity index (χ2n) is 7.01. The standard InChI is InChI=1S/C9H6NS.3C4H9.Sn/c1-2-4-8(5-3-1)9-10-6-7-11-9;3*1-3-4-2;/h2-7H;3*1,3-4H2,2H3;. The Bertz CT molecular complexity index is 540. The molecule has 1 aromatic heterocycles. The van der Waals surface area contributed by atoms with Crippen molar-refractivity contribution in [3.05, 3.63) is 35.8 Å². The summed E-state index contributed by atoms with van der Waals surface area (Å²) >= 11 is -0.512. The molecule has 0 amide bonds. The molecule has 1 nitrogen and oxygen atoms in total. The van der Waals surface area contributed by atoms with Gasteiger partial charge in [-0.15, -0.1) is 0 Å². The number of nitrogens with zero attached hydrogens (tertiary/aromatic N) is 1. The number of hydrogen-bond acceptors (Lipinski definition) is 2. The minimum absolute atomic E-state index is 1.15. The average molecular weight is 450 g/mol. The Hall–Kier alpha value is -0.351. The number of thiazole rings is 1. The second kappa shape index (κ2) is 10.6. The molecular weight excluding hydrogens is 417 g/mol. The Morgan fingerprint density at radius 1 is 0.833 bits per heavy atom. The van der Waals surface area contributed by atoms with Crippen molar-refractivity contribution >= 4 is 33.3 Å². The monoisotopic (exact) mass is 451 g/mol. The van der Waals surface area contributed by atoms with Crippen molar-refractivity contribution < 1.29 is 0 Å². The van der Waals surface area contributed by atoms with Crippen molar-refractivity contribution in [2.45, 2.75) is 72.6 Å². The third-order valence-electron chi connectivity index (χ3n) is 5.20. The van der Waals surface area contributed by atoms with E-state index >= 15 is 0 Å². The Kier molecular flexibility index (Phi) is 8.82. The van der Waals surface area contributed by atoms with E-state index in [9.17, 15) is 0 Å². The van der Waals surface area contributed by atoms with Crippen LogP contribution < -0.4 is 3.58 Å². The first-order valence-electron chi connectivity index (χ1n) is 9.76. The molecule has 0 aliphatic carbocycles. The number of aromatic nitrogens is 1. The fourth-order valence-electron chi connectivity index (χ4n) is 3.69. The van der Waals surface area contributed by atoms with E-state index < -0.39 is 18.4 Å². The molecule has 0 saturated carbocycles. The Morgan fingerprint density at radius 3 is 1.79 bits per heavy atom. The summed E-state index contributed by atoms with van der Waals surface area (Å²) in [5.74, 6) is 0. The van der Waals surface area contributed by atoms with Crippen LogP contribution in [-0.2, 0) is 0 Å². The molecule has 0 saturated heterocycles. The Balaban J connectivity index is 2.28. The molecule has 0 fully saturated rings. The van der Waals surface area contributed by atoms with Gasteiger partial charge in [-0.25, -0.2) is 0 Å². The van der Waals surface area contributed by atoms with E-state index in [-0.39, 0.29) is 0 Å². The van der Waals surface area contributed by atoms with Crippen LogP contribution in [0.1, 0.15) is 59.3 Å². The van der Waals surface area contributed by atoms with Gasteiger partial charge in [-0.05, 0) is 0 Å². The van der Waals surface area contributed by atoms with Gasteiger partial charge in [0.05, 0.1) is 0 Å². The minimum atomic E-state index is -2.25. The molecule has 132 valence electrons. The van der Waals surface area contributed by atoms with Crippen molar-refractivity contribution in [2.75, 3.05) is 0 Å². The van der Waals surface area contributed by atoms with E-state index in [0.29, 0.717) is 0 Å². The number of benzene rings is 1. The molecule has 0 spiro atoms. The first-order chi connectivity index (χ1) is 11.8. The molecule has 2 aromatic rings. The molecule has 0 aliphatic heterocycles. The van der Waals surface area contributed by atoms with Crippen LogP contribution in [0.2, 0.25) is 13.3 Å². The van der Waals surface area contributed by atoms with Gasteiger partial charge < -0.3 is 0 Å². The van der Waals surface area contributed by atoms with Crippen LogP contribution in [0.5, 0.6) is 0 Å².